The van der Waals surface area contributed by atoms with E-state index in [-0.39, 0.29) is 6.07 Å². The molecule has 0 aliphatic rings. The van der Waals surface area contributed by atoms with Gasteiger partial charge in [0, 0.05) is 6.07 Å². The summed E-state index contributed by atoms with van der Waals surface area (Å²) in [5, 5.41) is 17.4. The van der Waals surface area contributed by atoms with Gasteiger partial charge in [0.2, 0.25) is 0 Å². The summed E-state index contributed by atoms with van der Waals surface area (Å²) in [6.07, 6.45) is -4.80. The van der Waals surface area contributed by atoms with Crippen LogP contribution in [0.2, 0.25) is 0 Å². The molecule has 1 unspecified atom stereocenters. The van der Waals surface area contributed by atoms with Crippen molar-refractivity contribution in [3.8, 4) is 0 Å². The Hall–Kier alpha value is -0.700. The van der Waals surface area contributed by atoms with Gasteiger partial charge in [-0.2, -0.15) is 18.4 Å². The molecule has 1 atom stereocenters. The maximum atomic E-state index is 12.7. The maximum Gasteiger partial charge on any atom is 0.417 e. The molecule has 8 heteroatoms. The number of benzene rings is 1. The summed E-state index contributed by atoms with van der Waals surface area (Å²) in [7, 11) is 0. The molecular weight excluding hydrogens is 286 g/mol. The second-order valence-corrected chi connectivity index (χ2v) is 3.41. The first-order chi connectivity index (χ1) is 6.73. The van der Waals surface area contributed by atoms with Crippen LogP contribution >= 0.6 is 15.9 Å². The molecule has 0 bridgehead atoms. The van der Waals surface area contributed by atoms with Gasteiger partial charge in [0.15, 0.2) is 5.69 Å². The van der Waals surface area contributed by atoms with Gasteiger partial charge in [-0.1, -0.05) is 0 Å². The first-order valence-electron chi connectivity index (χ1n) is 3.53. The number of hydrogen-bond donors (Lipinski definition) is 2. The minimum Gasteiger partial charge on any atom is -0.595 e. The lowest BCUT2D eigenvalue weighted by Crippen LogP contribution is -2.99. The molecule has 15 heavy (non-hydrogen) atoms. The van der Waals surface area contributed by atoms with E-state index in [0.29, 0.717) is 6.07 Å². The van der Waals surface area contributed by atoms with E-state index in [0.717, 1.165) is 0 Å². The normalized spacial score (nSPS) is 14.1. The highest BCUT2D eigenvalue weighted by molar-refractivity contribution is 9.10. The maximum absolute atomic E-state index is 12.7. The predicted octanol–water partition coefficient (Wildman–Crippen LogP) is 2.01. The second kappa shape index (κ2) is 4.05. The van der Waals surface area contributed by atoms with Gasteiger partial charge in [-0.15, -0.1) is 0 Å². The molecule has 0 spiro atoms. The van der Waals surface area contributed by atoms with Crippen LogP contribution in [0.15, 0.2) is 16.6 Å². The van der Waals surface area contributed by atoms with E-state index in [9.17, 15) is 22.8 Å². The Morgan fingerprint density at radius 3 is 2.27 bits per heavy atom. The highest BCUT2D eigenvalue weighted by atomic mass is 79.9. The average molecular weight is 290 g/mol. The summed E-state index contributed by atoms with van der Waals surface area (Å²) in [5.74, 6) is -1.25. The van der Waals surface area contributed by atoms with E-state index in [1.165, 1.54) is 0 Å². The summed E-state index contributed by atoms with van der Waals surface area (Å²) < 4.78 is 48.9. The zero-order valence-corrected chi connectivity index (χ0v) is 8.49. The predicted molar refractivity (Wildman–Crippen MR) is 44.9 cm³/mol. The zero-order valence-electron chi connectivity index (χ0n) is 6.90. The Morgan fingerprint density at radius 1 is 1.33 bits per heavy atom. The van der Waals surface area contributed by atoms with Crippen molar-refractivity contribution in [2.24, 2.45) is 0 Å². The van der Waals surface area contributed by atoms with Crippen molar-refractivity contribution in [3.63, 3.8) is 0 Å². The lowest BCUT2D eigenvalue weighted by atomic mass is 10.2. The van der Waals surface area contributed by atoms with Crippen LogP contribution in [-0.2, 0) is 6.18 Å². The molecule has 1 aromatic rings. The molecule has 0 radical (unpaired) electrons. The van der Waals surface area contributed by atoms with Crippen molar-refractivity contribution >= 4 is 21.6 Å². The molecule has 0 aliphatic carbocycles. The number of halogens is 5. The highest BCUT2D eigenvalue weighted by Gasteiger charge is 2.35. The zero-order chi connectivity index (χ0) is 11.8. The van der Waals surface area contributed by atoms with Crippen LogP contribution in [0.5, 0.6) is 0 Å². The van der Waals surface area contributed by atoms with Crippen LogP contribution in [-0.4, -0.2) is 5.21 Å². The molecule has 2 N–H and O–H groups in total. The molecule has 0 aromatic heterocycles. The van der Waals surface area contributed by atoms with Gasteiger partial charge in [-0.25, -0.2) is 9.60 Å². The van der Waals surface area contributed by atoms with Crippen molar-refractivity contribution < 1.29 is 28.0 Å². The topological polar surface area (TPSA) is 47.7 Å². The third-order valence-electron chi connectivity index (χ3n) is 1.57. The SMILES string of the molecule is [O-][NH+](O)c1cc(F)cc(C(F)(F)F)c1Br. The van der Waals surface area contributed by atoms with E-state index in [1.807, 2.05) is 0 Å². The highest BCUT2D eigenvalue weighted by Crippen LogP contribution is 2.37. The summed E-state index contributed by atoms with van der Waals surface area (Å²) in [6.45, 7) is 0. The lowest BCUT2D eigenvalue weighted by molar-refractivity contribution is -0.991. The van der Waals surface area contributed by atoms with Crippen LogP contribution in [0.4, 0.5) is 23.2 Å². The van der Waals surface area contributed by atoms with Gasteiger partial charge in [0.1, 0.15) is 5.82 Å². The van der Waals surface area contributed by atoms with E-state index in [4.69, 9.17) is 5.21 Å². The van der Waals surface area contributed by atoms with Gasteiger partial charge in [-0.3, -0.25) is 0 Å². The fourth-order valence-electron chi connectivity index (χ4n) is 0.951. The van der Waals surface area contributed by atoms with Gasteiger partial charge >= 0.3 is 6.18 Å². The largest absolute Gasteiger partial charge is 0.595 e. The lowest BCUT2D eigenvalue weighted by Gasteiger charge is -2.16. The molecule has 3 nitrogen and oxygen atoms in total. The molecule has 0 saturated heterocycles. The number of alkyl halides is 3. The Balaban J connectivity index is 3.42. The molecule has 0 amide bonds. The minimum absolute atomic E-state index is 0.233. The fourth-order valence-corrected chi connectivity index (χ4v) is 1.57. The molecule has 84 valence electrons. The van der Waals surface area contributed by atoms with E-state index in [1.54, 1.807) is 0 Å². The van der Waals surface area contributed by atoms with Crippen LogP contribution in [0, 0.1) is 11.0 Å². The second-order valence-electron chi connectivity index (χ2n) is 2.62. The number of rotatable bonds is 1. The van der Waals surface area contributed by atoms with Gasteiger partial charge in [0.25, 0.3) is 0 Å². The van der Waals surface area contributed by atoms with Crippen LogP contribution in [0.1, 0.15) is 5.56 Å². The first kappa shape index (κ1) is 12.4. The number of hydrogen-bond acceptors (Lipinski definition) is 2. The van der Waals surface area contributed by atoms with Crippen molar-refractivity contribution in [3.05, 3.63) is 33.2 Å². The Kier molecular flexibility index (Phi) is 3.34. The molecule has 1 aromatic carbocycles. The third-order valence-corrected chi connectivity index (χ3v) is 2.43. The Morgan fingerprint density at radius 2 is 1.87 bits per heavy atom. The Bertz CT molecular complexity index is 380. The van der Waals surface area contributed by atoms with Gasteiger partial charge < -0.3 is 5.21 Å². The molecular formula is C7H4BrF4NO2. The molecule has 1 rings (SSSR count). The monoisotopic (exact) mass is 289 g/mol. The van der Waals surface area contributed by atoms with Gasteiger partial charge in [0.05, 0.1) is 10.0 Å². The van der Waals surface area contributed by atoms with Crippen molar-refractivity contribution in [2.75, 3.05) is 0 Å². The number of nitrogens with one attached hydrogen (secondary N) is 1. The van der Waals surface area contributed by atoms with E-state index >= 15 is 0 Å². The van der Waals surface area contributed by atoms with Crippen molar-refractivity contribution in [1.82, 2.24) is 0 Å². The quantitative estimate of drug-likeness (QED) is 0.614. The third kappa shape index (κ3) is 2.65. The smallest absolute Gasteiger partial charge is 0.417 e. The molecule has 0 aliphatic heterocycles. The molecule has 0 heterocycles. The molecule has 0 fully saturated rings. The fraction of sp³-hybridized carbons (Fsp3) is 0.143. The molecule has 0 saturated carbocycles. The first-order valence-corrected chi connectivity index (χ1v) is 4.32. The Labute approximate surface area is 89.6 Å². The standard InChI is InChI=1S/C7H4BrF4NO2/c8-6-4(7(10,11)12)1-3(9)2-5(6)13(14)15/h1-2,13-14H. The summed E-state index contributed by atoms with van der Waals surface area (Å²) in [4.78, 5) is 0. The summed E-state index contributed by atoms with van der Waals surface area (Å²) in [6, 6.07) is 0.748. The van der Waals surface area contributed by atoms with Gasteiger partial charge in [-0.05, 0) is 22.0 Å². The average Bonchev–Trinajstić information content (AvgIpc) is 2.06. The van der Waals surface area contributed by atoms with Crippen molar-refractivity contribution in [2.45, 2.75) is 6.18 Å². The van der Waals surface area contributed by atoms with E-state index in [2.05, 4.69) is 15.9 Å². The minimum atomic E-state index is -4.80. The summed E-state index contributed by atoms with van der Waals surface area (Å²) >= 11 is 2.48. The van der Waals surface area contributed by atoms with E-state index < -0.39 is 32.9 Å². The summed E-state index contributed by atoms with van der Waals surface area (Å²) in [5.41, 5.74) is -2.11. The van der Waals surface area contributed by atoms with Crippen LogP contribution < -0.4 is 5.23 Å². The van der Waals surface area contributed by atoms with Crippen LogP contribution in [0.25, 0.3) is 0 Å². The van der Waals surface area contributed by atoms with Crippen molar-refractivity contribution in [1.29, 1.82) is 0 Å². The number of quaternary nitrogens is 1. The van der Waals surface area contributed by atoms with Crippen LogP contribution in [0.3, 0.4) is 0 Å².